The number of nitrogens with one attached hydrogen (secondary N) is 2. The molecule has 0 atom stereocenters. The van der Waals surface area contributed by atoms with Crippen molar-refractivity contribution in [1.82, 2.24) is 10.6 Å². The third-order valence-corrected chi connectivity index (χ3v) is 2.62. The van der Waals surface area contributed by atoms with Crippen molar-refractivity contribution < 1.29 is 14.3 Å². The highest BCUT2D eigenvalue weighted by molar-refractivity contribution is 5.94. The zero-order valence-electron chi connectivity index (χ0n) is 11.4. The molecule has 0 saturated heterocycles. The van der Waals surface area contributed by atoms with Crippen molar-refractivity contribution in [2.45, 2.75) is 19.8 Å². The molecule has 0 spiro atoms. The Bertz CT molecular complexity index is 415. The quantitative estimate of drug-likeness (QED) is 0.730. The molecule has 2 N–H and O–H groups in total. The van der Waals surface area contributed by atoms with Crippen LogP contribution in [0.25, 0.3) is 0 Å². The molecule has 0 unspecified atom stereocenters. The second kappa shape index (κ2) is 8.13. The van der Waals surface area contributed by atoms with Gasteiger partial charge in [0, 0.05) is 25.6 Å². The van der Waals surface area contributed by atoms with Crippen molar-refractivity contribution in [3.05, 3.63) is 29.8 Å². The first-order chi connectivity index (χ1) is 9.13. The molecule has 5 nitrogen and oxygen atoms in total. The van der Waals surface area contributed by atoms with E-state index in [0.717, 1.165) is 18.6 Å². The summed E-state index contributed by atoms with van der Waals surface area (Å²) in [7, 11) is 1.59. The van der Waals surface area contributed by atoms with Gasteiger partial charge in [0.1, 0.15) is 5.75 Å². The molecule has 19 heavy (non-hydrogen) atoms. The van der Waals surface area contributed by atoms with Gasteiger partial charge in [-0.25, -0.2) is 0 Å². The maximum absolute atomic E-state index is 11.8. The lowest BCUT2D eigenvalue weighted by molar-refractivity contribution is -0.118. The van der Waals surface area contributed by atoms with Gasteiger partial charge in [0.05, 0.1) is 7.11 Å². The van der Waals surface area contributed by atoms with Gasteiger partial charge in [-0.1, -0.05) is 0 Å². The number of carbonyl (C=O) groups is 2. The van der Waals surface area contributed by atoms with Crippen LogP contribution in [-0.2, 0) is 4.79 Å². The Labute approximate surface area is 113 Å². The molecule has 2 amide bonds. The number of methoxy groups -OCH3 is 1. The summed E-state index contributed by atoms with van der Waals surface area (Å²) in [6, 6.07) is 6.97. The number of ether oxygens (including phenoxy) is 1. The molecule has 0 radical (unpaired) electrons. The van der Waals surface area contributed by atoms with Crippen molar-refractivity contribution in [2.24, 2.45) is 0 Å². The zero-order chi connectivity index (χ0) is 14.1. The summed E-state index contributed by atoms with van der Waals surface area (Å²) in [6.07, 6.45) is 1.69. The molecule has 0 fully saturated rings. The van der Waals surface area contributed by atoms with Crippen molar-refractivity contribution in [2.75, 3.05) is 20.2 Å². The minimum atomic E-state index is -0.0952. The molecule has 0 bridgehead atoms. The van der Waals surface area contributed by atoms with E-state index >= 15 is 0 Å². The molecule has 5 heteroatoms. The van der Waals surface area contributed by atoms with Crippen LogP contribution in [0.15, 0.2) is 24.3 Å². The average molecular weight is 264 g/mol. The predicted octanol–water partition coefficient (Wildman–Crippen LogP) is 1.34. The normalized spacial score (nSPS) is 9.79. The lowest BCUT2D eigenvalue weighted by atomic mass is 10.2. The Morgan fingerprint density at radius 2 is 1.63 bits per heavy atom. The Kier molecular flexibility index (Phi) is 6.43. The third-order valence-electron chi connectivity index (χ3n) is 2.62. The molecule has 0 aromatic heterocycles. The molecule has 0 aliphatic heterocycles. The van der Waals surface area contributed by atoms with Crippen molar-refractivity contribution in [1.29, 1.82) is 0 Å². The van der Waals surface area contributed by atoms with Crippen LogP contribution in [0.3, 0.4) is 0 Å². The van der Waals surface area contributed by atoms with E-state index in [2.05, 4.69) is 10.6 Å². The van der Waals surface area contributed by atoms with Crippen LogP contribution in [0.2, 0.25) is 0 Å². The average Bonchev–Trinajstić information content (AvgIpc) is 2.42. The molecule has 1 rings (SSSR count). The first-order valence-corrected chi connectivity index (χ1v) is 6.30. The van der Waals surface area contributed by atoms with Crippen LogP contribution in [0.5, 0.6) is 5.75 Å². The fourth-order valence-electron chi connectivity index (χ4n) is 1.56. The van der Waals surface area contributed by atoms with Gasteiger partial charge in [0.2, 0.25) is 5.91 Å². The molecule has 1 aromatic rings. The number of unbranched alkanes of at least 4 members (excludes halogenated alkanes) is 1. The zero-order valence-corrected chi connectivity index (χ0v) is 11.4. The first kappa shape index (κ1) is 15.0. The van der Waals surface area contributed by atoms with Crippen LogP contribution in [0, 0.1) is 0 Å². The maximum Gasteiger partial charge on any atom is 0.251 e. The van der Waals surface area contributed by atoms with Gasteiger partial charge < -0.3 is 15.4 Å². The molecule has 1 aromatic carbocycles. The minimum absolute atomic E-state index is 0.0257. The van der Waals surface area contributed by atoms with E-state index in [1.807, 2.05) is 0 Å². The molecular formula is C14H20N2O3. The number of carbonyl (C=O) groups excluding carboxylic acids is 2. The van der Waals surface area contributed by atoms with Crippen LogP contribution >= 0.6 is 0 Å². The highest BCUT2D eigenvalue weighted by Gasteiger charge is 2.04. The first-order valence-electron chi connectivity index (χ1n) is 6.30. The lowest BCUT2D eigenvalue weighted by Crippen LogP contribution is -2.26. The molecule has 0 saturated carbocycles. The van der Waals surface area contributed by atoms with E-state index in [0.29, 0.717) is 18.7 Å². The van der Waals surface area contributed by atoms with Gasteiger partial charge in [0.15, 0.2) is 0 Å². The van der Waals surface area contributed by atoms with Gasteiger partial charge in [-0.3, -0.25) is 9.59 Å². The van der Waals surface area contributed by atoms with E-state index in [1.165, 1.54) is 6.92 Å². The Hall–Kier alpha value is -2.04. The second-order valence-corrected chi connectivity index (χ2v) is 4.17. The SMILES string of the molecule is COc1ccc(C(=O)NCCCCNC(C)=O)cc1. The van der Waals surface area contributed by atoms with Crippen LogP contribution in [0.4, 0.5) is 0 Å². The second-order valence-electron chi connectivity index (χ2n) is 4.17. The molecule has 0 heterocycles. The standard InChI is InChI=1S/C14H20N2O3/c1-11(17)15-9-3-4-10-16-14(18)12-5-7-13(19-2)8-6-12/h5-8H,3-4,9-10H2,1-2H3,(H,15,17)(H,16,18). The molecule has 0 aliphatic carbocycles. The monoisotopic (exact) mass is 264 g/mol. The third kappa shape index (κ3) is 5.90. The lowest BCUT2D eigenvalue weighted by Gasteiger charge is -2.06. The van der Waals surface area contributed by atoms with E-state index in [-0.39, 0.29) is 11.8 Å². The highest BCUT2D eigenvalue weighted by Crippen LogP contribution is 2.10. The summed E-state index contributed by atoms with van der Waals surface area (Å²) >= 11 is 0. The number of rotatable bonds is 7. The highest BCUT2D eigenvalue weighted by atomic mass is 16.5. The van der Waals surface area contributed by atoms with Crippen LogP contribution in [-0.4, -0.2) is 32.0 Å². The smallest absolute Gasteiger partial charge is 0.251 e. The topological polar surface area (TPSA) is 67.4 Å². The maximum atomic E-state index is 11.8. The fourth-order valence-corrected chi connectivity index (χ4v) is 1.56. The molecule has 0 aliphatic rings. The number of hydrogen-bond donors (Lipinski definition) is 2. The van der Waals surface area contributed by atoms with Crippen LogP contribution < -0.4 is 15.4 Å². The summed E-state index contributed by atoms with van der Waals surface area (Å²) in [6.45, 7) is 2.74. The van der Waals surface area contributed by atoms with Gasteiger partial charge >= 0.3 is 0 Å². The van der Waals surface area contributed by atoms with Gasteiger partial charge in [-0.05, 0) is 37.1 Å². The Balaban J connectivity index is 2.21. The van der Waals surface area contributed by atoms with Crippen molar-refractivity contribution >= 4 is 11.8 Å². The van der Waals surface area contributed by atoms with Crippen molar-refractivity contribution in [3.8, 4) is 5.75 Å². The summed E-state index contributed by atoms with van der Waals surface area (Å²) in [5.74, 6) is 0.608. The summed E-state index contributed by atoms with van der Waals surface area (Å²) in [5, 5.41) is 5.54. The number of benzene rings is 1. The van der Waals surface area contributed by atoms with E-state index < -0.39 is 0 Å². The Morgan fingerprint density at radius 1 is 1.05 bits per heavy atom. The van der Waals surface area contributed by atoms with E-state index in [1.54, 1.807) is 31.4 Å². The van der Waals surface area contributed by atoms with Crippen molar-refractivity contribution in [3.63, 3.8) is 0 Å². The molecular weight excluding hydrogens is 244 g/mol. The molecule has 104 valence electrons. The van der Waals surface area contributed by atoms with E-state index in [9.17, 15) is 9.59 Å². The largest absolute Gasteiger partial charge is 0.497 e. The summed E-state index contributed by atoms with van der Waals surface area (Å²) in [4.78, 5) is 22.4. The van der Waals surface area contributed by atoms with Gasteiger partial charge in [0.25, 0.3) is 5.91 Å². The number of hydrogen-bond acceptors (Lipinski definition) is 3. The fraction of sp³-hybridized carbons (Fsp3) is 0.429. The summed E-state index contributed by atoms with van der Waals surface area (Å²) in [5.41, 5.74) is 0.614. The van der Waals surface area contributed by atoms with Gasteiger partial charge in [-0.2, -0.15) is 0 Å². The van der Waals surface area contributed by atoms with Crippen LogP contribution in [0.1, 0.15) is 30.1 Å². The minimum Gasteiger partial charge on any atom is -0.497 e. The predicted molar refractivity (Wildman–Crippen MR) is 73.2 cm³/mol. The number of amides is 2. The van der Waals surface area contributed by atoms with E-state index in [4.69, 9.17) is 4.74 Å². The summed E-state index contributed by atoms with van der Waals surface area (Å²) < 4.78 is 5.03. The Morgan fingerprint density at radius 3 is 2.16 bits per heavy atom. The van der Waals surface area contributed by atoms with Gasteiger partial charge in [-0.15, -0.1) is 0 Å².